The largest absolute Gasteiger partial charge is 0.382 e. The number of nitrogens with two attached hydrogens (primary N) is 1. The molecule has 0 bridgehead atoms. The van der Waals surface area contributed by atoms with Crippen LogP contribution in [-0.4, -0.2) is 44.8 Å². The molecule has 2 N–H and O–H groups in total. The van der Waals surface area contributed by atoms with E-state index in [0.717, 1.165) is 19.6 Å². The predicted molar refractivity (Wildman–Crippen MR) is 47.6 cm³/mol. The number of rotatable bonds is 6. The van der Waals surface area contributed by atoms with Gasteiger partial charge in [-0.3, -0.25) is 0 Å². The van der Waals surface area contributed by atoms with Crippen molar-refractivity contribution < 1.29 is 4.74 Å². The van der Waals surface area contributed by atoms with Crippen molar-refractivity contribution in [3.05, 3.63) is 0 Å². The molecule has 0 aliphatic rings. The minimum absolute atomic E-state index is 0.460. The van der Waals surface area contributed by atoms with Crippen LogP contribution in [0, 0.1) is 0 Å². The second-order valence-corrected chi connectivity index (χ2v) is 2.84. The summed E-state index contributed by atoms with van der Waals surface area (Å²) in [6.45, 7) is 4.33. The second-order valence-electron chi connectivity index (χ2n) is 2.84. The quantitative estimate of drug-likeness (QED) is 0.568. The van der Waals surface area contributed by atoms with Gasteiger partial charge in [0, 0.05) is 25.8 Å². The lowest BCUT2D eigenvalue weighted by Gasteiger charge is -2.22. The van der Waals surface area contributed by atoms with Gasteiger partial charge in [-0.15, -0.1) is 0 Å². The third kappa shape index (κ3) is 5.18. The molecule has 0 saturated heterocycles. The van der Waals surface area contributed by atoms with Crippen molar-refractivity contribution in [1.82, 2.24) is 4.90 Å². The van der Waals surface area contributed by atoms with Gasteiger partial charge >= 0.3 is 0 Å². The molecule has 0 aromatic carbocycles. The van der Waals surface area contributed by atoms with Crippen LogP contribution in [0.2, 0.25) is 0 Å². The van der Waals surface area contributed by atoms with Gasteiger partial charge in [-0.25, -0.2) is 0 Å². The zero-order valence-electron chi connectivity index (χ0n) is 7.84. The van der Waals surface area contributed by atoms with Crippen LogP contribution in [-0.2, 0) is 4.74 Å². The van der Waals surface area contributed by atoms with Crippen LogP contribution in [0.4, 0.5) is 0 Å². The molecule has 0 amide bonds. The number of hydrogen-bond donors (Lipinski definition) is 1. The molecular weight excluding hydrogens is 140 g/mol. The molecule has 0 heterocycles. The molecule has 0 saturated carbocycles. The Kier molecular flexibility index (Phi) is 6.51. The molecule has 1 atom stereocenters. The van der Waals surface area contributed by atoms with E-state index in [4.69, 9.17) is 10.5 Å². The van der Waals surface area contributed by atoms with E-state index in [2.05, 4.69) is 4.90 Å². The van der Waals surface area contributed by atoms with Crippen molar-refractivity contribution in [3.63, 3.8) is 0 Å². The summed E-state index contributed by atoms with van der Waals surface area (Å²) in [7, 11) is 4.09. The van der Waals surface area contributed by atoms with Gasteiger partial charge in [-0.1, -0.05) is 0 Å². The van der Waals surface area contributed by atoms with Crippen LogP contribution in [0.1, 0.15) is 13.3 Å². The molecule has 3 nitrogen and oxygen atoms in total. The van der Waals surface area contributed by atoms with Gasteiger partial charge in [0.05, 0.1) is 0 Å². The van der Waals surface area contributed by atoms with Crippen molar-refractivity contribution in [2.24, 2.45) is 5.73 Å². The van der Waals surface area contributed by atoms with E-state index < -0.39 is 0 Å². The van der Waals surface area contributed by atoms with Gasteiger partial charge < -0.3 is 15.4 Å². The first-order chi connectivity index (χ1) is 5.22. The fourth-order valence-electron chi connectivity index (χ4n) is 0.951. The molecule has 0 radical (unpaired) electrons. The monoisotopic (exact) mass is 160 g/mol. The summed E-state index contributed by atoms with van der Waals surface area (Å²) in [5, 5.41) is 0. The molecule has 0 aliphatic carbocycles. The highest BCUT2D eigenvalue weighted by atomic mass is 16.5. The molecule has 0 spiro atoms. The van der Waals surface area contributed by atoms with E-state index in [1.54, 1.807) is 0 Å². The summed E-state index contributed by atoms with van der Waals surface area (Å²) in [5.74, 6) is 0. The molecule has 11 heavy (non-hydrogen) atoms. The summed E-state index contributed by atoms with van der Waals surface area (Å²) in [5.41, 5.74) is 5.56. The number of likely N-dealkylation sites (N-methyl/N-ethyl adjacent to an activating group) is 1. The Labute approximate surface area is 69.5 Å². The van der Waals surface area contributed by atoms with Crippen molar-refractivity contribution in [2.45, 2.75) is 19.4 Å². The first kappa shape index (κ1) is 10.9. The molecule has 1 unspecified atom stereocenters. The van der Waals surface area contributed by atoms with Crippen LogP contribution in [0.5, 0.6) is 0 Å². The first-order valence-corrected chi connectivity index (χ1v) is 4.16. The number of hydrogen-bond acceptors (Lipinski definition) is 3. The molecule has 0 aromatic rings. The molecule has 0 rings (SSSR count). The van der Waals surface area contributed by atoms with Crippen LogP contribution in [0.15, 0.2) is 0 Å². The Morgan fingerprint density at radius 2 is 2.09 bits per heavy atom. The average molecular weight is 160 g/mol. The fourth-order valence-corrected chi connectivity index (χ4v) is 0.951. The van der Waals surface area contributed by atoms with Crippen molar-refractivity contribution in [3.8, 4) is 0 Å². The Balaban J connectivity index is 3.36. The predicted octanol–water partition coefficient (Wildman–Crippen LogP) is 0.302. The van der Waals surface area contributed by atoms with E-state index in [1.807, 2.05) is 21.0 Å². The summed E-state index contributed by atoms with van der Waals surface area (Å²) < 4.78 is 5.23. The summed E-state index contributed by atoms with van der Waals surface area (Å²) in [6.07, 6.45) is 1.03. The van der Waals surface area contributed by atoms with E-state index in [0.29, 0.717) is 12.6 Å². The molecule has 0 aromatic heterocycles. The van der Waals surface area contributed by atoms with E-state index in [9.17, 15) is 0 Å². The molecular formula is C8H20N2O. The topological polar surface area (TPSA) is 38.5 Å². The van der Waals surface area contributed by atoms with Gasteiger partial charge in [-0.05, 0) is 27.4 Å². The lowest BCUT2D eigenvalue weighted by Crippen LogP contribution is -2.35. The number of ether oxygens (including phenoxy) is 1. The van der Waals surface area contributed by atoms with Crippen LogP contribution < -0.4 is 5.73 Å². The SMILES string of the molecule is CCOCCC(CN)N(C)C. The van der Waals surface area contributed by atoms with Crippen LogP contribution in [0.25, 0.3) is 0 Å². The standard InChI is InChI=1S/C8H20N2O/c1-4-11-6-5-8(7-9)10(2)3/h8H,4-7,9H2,1-3H3. The normalized spacial score (nSPS) is 13.9. The highest BCUT2D eigenvalue weighted by Gasteiger charge is 2.07. The van der Waals surface area contributed by atoms with E-state index in [1.165, 1.54) is 0 Å². The third-order valence-corrected chi connectivity index (χ3v) is 1.80. The third-order valence-electron chi connectivity index (χ3n) is 1.80. The average Bonchev–Trinajstić information content (AvgIpc) is 1.97. The minimum Gasteiger partial charge on any atom is -0.382 e. The Hall–Kier alpha value is -0.120. The molecule has 3 heteroatoms. The zero-order chi connectivity index (χ0) is 8.69. The lowest BCUT2D eigenvalue weighted by molar-refractivity contribution is 0.122. The smallest absolute Gasteiger partial charge is 0.0481 e. The maximum atomic E-state index is 5.56. The highest BCUT2D eigenvalue weighted by Crippen LogP contribution is 1.97. The van der Waals surface area contributed by atoms with Gasteiger partial charge in [0.15, 0.2) is 0 Å². The summed E-state index contributed by atoms with van der Waals surface area (Å²) in [6, 6.07) is 0.460. The Morgan fingerprint density at radius 3 is 2.45 bits per heavy atom. The van der Waals surface area contributed by atoms with Crippen molar-refractivity contribution in [1.29, 1.82) is 0 Å². The maximum absolute atomic E-state index is 5.56. The van der Waals surface area contributed by atoms with Crippen molar-refractivity contribution in [2.75, 3.05) is 33.9 Å². The summed E-state index contributed by atoms with van der Waals surface area (Å²) in [4.78, 5) is 2.14. The van der Waals surface area contributed by atoms with Crippen LogP contribution in [0.3, 0.4) is 0 Å². The highest BCUT2D eigenvalue weighted by molar-refractivity contribution is 4.65. The number of nitrogens with zero attached hydrogens (tertiary/aromatic N) is 1. The lowest BCUT2D eigenvalue weighted by atomic mass is 10.2. The maximum Gasteiger partial charge on any atom is 0.0481 e. The molecule has 0 aliphatic heterocycles. The van der Waals surface area contributed by atoms with Gasteiger partial charge in [0.1, 0.15) is 0 Å². The minimum atomic E-state index is 0.460. The van der Waals surface area contributed by atoms with E-state index >= 15 is 0 Å². The molecule has 0 fully saturated rings. The molecule has 68 valence electrons. The van der Waals surface area contributed by atoms with Gasteiger partial charge in [0.25, 0.3) is 0 Å². The van der Waals surface area contributed by atoms with Gasteiger partial charge in [-0.2, -0.15) is 0 Å². The fraction of sp³-hybridized carbons (Fsp3) is 1.00. The van der Waals surface area contributed by atoms with Gasteiger partial charge in [0.2, 0.25) is 0 Å². The Morgan fingerprint density at radius 1 is 1.45 bits per heavy atom. The van der Waals surface area contributed by atoms with E-state index in [-0.39, 0.29) is 0 Å². The first-order valence-electron chi connectivity index (χ1n) is 4.16. The Bertz CT molecular complexity index is 86.2. The zero-order valence-corrected chi connectivity index (χ0v) is 7.84. The van der Waals surface area contributed by atoms with Crippen LogP contribution >= 0.6 is 0 Å². The summed E-state index contributed by atoms with van der Waals surface area (Å²) >= 11 is 0. The second kappa shape index (κ2) is 6.58. The van der Waals surface area contributed by atoms with Crippen molar-refractivity contribution >= 4 is 0 Å².